The van der Waals surface area contributed by atoms with Crippen LogP contribution in [0.2, 0.25) is 0 Å². The third-order valence-electron chi connectivity index (χ3n) is 6.86. The van der Waals surface area contributed by atoms with Gasteiger partial charge in [-0.05, 0) is 55.7 Å². The van der Waals surface area contributed by atoms with Crippen molar-refractivity contribution in [3.63, 3.8) is 0 Å². The molecule has 2 aliphatic heterocycles. The van der Waals surface area contributed by atoms with E-state index in [-0.39, 0.29) is 24.3 Å². The second-order valence-electron chi connectivity index (χ2n) is 10.1. The maximum Gasteiger partial charge on any atom is 0.268 e. The molecule has 1 fully saturated rings. The first kappa shape index (κ1) is 24.8. The van der Waals surface area contributed by atoms with Crippen molar-refractivity contribution < 1.29 is 19.1 Å². The predicted molar refractivity (Wildman–Crippen MR) is 144 cm³/mol. The Hall–Kier alpha value is -3.84. The molecule has 7 heteroatoms. The van der Waals surface area contributed by atoms with Crippen LogP contribution in [0, 0.1) is 6.92 Å². The molecule has 0 spiro atoms. The molecular weight excluding hydrogens is 466 g/mol. The molecule has 2 heterocycles. The van der Waals surface area contributed by atoms with E-state index < -0.39 is 5.60 Å². The fourth-order valence-electron chi connectivity index (χ4n) is 4.82. The summed E-state index contributed by atoms with van der Waals surface area (Å²) in [6.07, 6.45) is 0.188. The summed E-state index contributed by atoms with van der Waals surface area (Å²) >= 11 is 0. The van der Waals surface area contributed by atoms with Crippen LogP contribution in [0.4, 0.5) is 11.4 Å². The summed E-state index contributed by atoms with van der Waals surface area (Å²) < 4.78 is 11.5. The highest BCUT2D eigenvalue weighted by Gasteiger charge is 2.35. The number of carbonyl (C=O) groups is 2. The van der Waals surface area contributed by atoms with Crippen molar-refractivity contribution in [2.45, 2.75) is 38.8 Å². The van der Waals surface area contributed by atoms with Gasteiger partial charge in [0.15, 0.2) is 5.60 Å². The van der Waals surface area contributed by atoms with Gasteiger partial charge in [0.1, 0.15) is 5.75 Å². The number of fused-ring (bicyclic) bond motifs is 1. The molecule has 1 atom stereocenters. The standard InChI is InChI=1S/C30H33N3O4/c1-20-9-11-23(25(17-20)33-13-15-36-16-14-33)28(22-7-5-4-6-8-22)32-27(34)19-21-10-12-24-26(18-21)37-30(2,3)29(35)31-24/h4-12,17-18,28H,13-16,19H2,1-3H3,(H,31,35)(H,32,34). The lowest BCUT2D eigenvalue weighted by Gasteiger charge is -2.33. The lowest BCUT2D eigenvalue weighted by Crippen LogP contribution is -2.45. The molecule has 2 aliphatic rings. The zero-order valence-electron chi connectivity index (χ0n) is 21.5. The monoisotopic (exact) mass is 499 g/mol. The van der Waals surface area contributed by atoms with Crippen molar-refractivity contribution in [1.82, 2.24) is 5.32 Å². The normalized spacial score (nSPS) is 17.3. The van der Waals surface area contributed by atoms with Crippen LogP contribution in [0.3, 0.4) is 0 Å². The predicted octanol–water partition coefficient (Wildman–Crippen LogP) is 4.39. The minimum Gasteiger partial charge on any atom is -0.476 e. The second-order valence-corrected chi connectivity index (χ2v) is 10.1. The Labute approximate surface area is 217 Å². The van der Waals surface area contributed by atoms with Crippen LogP contribution in [0.25, 0.3) is 0 Å². The van der Waals surface area contributed by atoms with Gasteiger partial charge in [-0.2, -0.15) is 0 Å². The van der Waals surface area contributed by atoms with Gasteiger partial charge in [-0.1, -0.05) is 48.5 Å². The van der Waals surface area contributed by atoms with Gasteiger partial charge in [0, 0.05) is 24.3 Å². The zero-order valence-corrected chi connectivity index (χ0v) is 21.5. The minimum absolute atomic E-state index is 0.0959. The number of nitrogens with zero attached hydrogens (tertiary/aromatic N) is 1. The highest BCUT2D eigenvalue weighted by Crippen LogP contribution is 2.35. The molecule has 0 bridgehead atoms. The number of benzene rings is 3. The number of ether oxygens (including phenoxy) is 2. The molecule has 0 aromatic heterocycles. The number of nitrogens with one attached hydrogen (secondary N) is 2. The molecule has 7 nitrogen and oxygen atoms in total. The Morgan fingerprint density at radius 1 is 1.05 bits per heavy atom. The Kier molecular flexibility index (Phi) is 6.89. The fourth-order valence-corrected chi connectivity index (χ4v) is 4.82. The molecule has 5 rings (SSSR count). The maximum absolute atomic E-state index is 13.4. The summed E-state index contributed by atoms with van der Waals surface area (Å²) in [5.41, 5.74) is 4.84. The van der Waals surface area contributed by atoms with Crippen LogP contribution in [0.5, 0.6) is 5.75 Å². The Morgan fingerprint density at radius 3 is 2.57 bits per heavy atom. The number of anilines is 2. The van der Waals surface area contributed by atoms with Crippen LogP contribution in [-0.2, 0) is 20.7 Å². The first-order valence-corrected chi connectivity index (χ1v) is 12.7. The number of hydrogen-bond donors (Lipinski definition) is 2. The molecule has 2 amide bonds. The SMILES string of the molecule is Cc1ccc(C(NC(=O)Cc2ccc3c(c2)OC(C)(C)C(=O)N3)c2ccccc2)c(N2CCOCC2)c1. The Bertz CT molecular complexity index is 1300. The molecule has 192 valence electrons. The summed E-state index contributed by atoms with van der Waals surface area (Å²) in [7, 11) is 0. The average Bonchev–Trinajstić information content (AvgIpc) is 2.89. The van der Waals surface area contributed by atoms with Crippen molar-refractivity contribution >= 4 is 23.2 Å². The minimum atomic E-state index is -0.965. The number of amides is 2. The molecule has 2 N–H and O–H groups in total. The summed E-state index contributed by atoms with van der Waals surface area (Å²) in [6.45, 7) is 8.54. The van der Waals surface area contributed by atoms with Gasteiger partial charge in [0.05, 0.1) is 31.4 Å². The van der Waals surface area contributed by atoms with Crippen LogP contribution in [0.15, 0.2) is 66.7 Å². The summed E-state index contributed by atoms with van der Waals surface area (Å²) in [5, 5.41) is 6.16. The summed E-state index contributed by atoms with van der Waals surface area (Å²) in [5.74, 6) is 0.287. The number of morpholine rings is 1. The molecule has 0 radical (unpaired) electrons. The topological polar surface area (TPSA) is 79.9 Å². The third-order valence-corrected chi connectivity index (χ3v) is 6.86. The number of rotatable bonds is 6. The van der Waals surface area contributed by atoms with Crippen LogP contribution in [-0.4, -0.2) is 43.7 Å². The molecular formula is C30H33N3O4. The summed E-state index contributed by atoms with van der Waals surface area (Å²) in [6, 6.07) is 21.6. The maximum atomic E-state index is 13.4. The summed E-state index contributed by atoms with van der Waals surface area (Å²) in [4.78, 5) is 27.9. The Balaban J connectivity index is 1.42. The van der Waals surface area contributed by atoms with Gasteiger partial charge in [-0.15, -0.1) is 0 Å². The van der Waals surface area contributed by atoms with E-state index in [9.17, 15) is 9.59 Å². The number of carbonyl (C=O) groups excluding carboxylic acids is 2. The van der Waals surface area contributed by atoms with Crippen LogP contribution < -0.4 is 20.3 Å². The fraction of sp³-hybridized carbons (Fsp3) is 0.333. The van der Waals surface area contributed by atoms with Gasteiger partial charge in [-0.25, -0.2) is 0 Å². The van der Waals surface area contributed by atoms with Gasteiger partial charge in [-0.3, -0.25) is 9.59 Å². The van der Waals surface area contributed by atoms with Crippen molar-refractivity contribution in [2.24, 2.45) is 0 Å². The molecule has 3 aromatic carbocycles. The highest BCUT2D eigenvalue weighted by atomic mass is 16.5. The van der Waals surface area contributed by atoms with Crippen molar-refractivity contribution in [2.75, 3.05) is 36.5 Å². The molecule has 1 saturated heterocycles. The van der Waals surface area contributed by atoms with Crippen molar-refractivity contribution in [3.8, 4) is 5.75 Å². The lowest BCUT2D eigenvalue weighted by atomic mass is 9.94. The molecule has 0 saturated carbocycles. The highest BCUT2D eigenvalue weighted by molar-refractivity contribution is 6.00. The quantitative estimate of drug-likeness (QED) is 0.526. The number of hydrogen-bond acceptors (Lipinski definition) is 5. The smallest absolute Gasteiger partial charge is 0.268 e. The van der Waals surface area contributed by atoms with E-state index in [1.807, 2.05) is 42.5 Å². The van der Waals surface area contributed by atoms with Crippen molar-refractivity contribution in [3.05, 3.63) is 89.0 Å². The van der Waals surface area contributed by atoms with Crippen molar-refractivity contribution in [1.29, 1.82) is 0 Å². The molecule has 37 heavy (non-hydrogen) atoms. The lowest BCUT2D eigenvalue weighted by molar-refractivity contribution is -0.129. The van der Waals surface area contributed by atoms with Gasteiger partial charge < -0.3 is 25.0 Å². The van der Waals surface area contributed by atoms with E-state index in [0.717, 1.165) is 35.5 Å². The van der Waals surface area contributed by atoms with Gasteiger partial charge >= 0.3 is 0 Å². The zero-order chi connectivity index (χ0) is 26.0. The largest absolute Gasteiger partial charge is 0.476 e. The average molecular weight is 500 g/mol. The van der Waals surface area contributed by atoms with E-state index in [1.165, 1.54) is 5.56 Å². The van der Waals surface area contributed by atoms with E-state index in [0.29, 0.717) is 24.7 Å². The molecule has 1 unspecified atom stereocenters. The van der Waals surface area contributed by atoms with E-state index in [2.05, 4.69) is 40.7 Å². The van der Waals surface area contributed by atoms with Gasteiger partial charge in [0.2, 0.25) is 5.91 Å². The van der Waals surface area contributed by atoms with E-state index >= 15 is 0 Å². The van der Waals surface area contributed by atoms with Crippen LogP contribution in [0.1, 0.15) is 42.1 Å². The number of aryl methyl sites for hydroxylation is 1. The van der Waals surface area contributed by atoms with Crippen LogP contribution >= 0.6 is 0 Å². The van der Waals surface area contributed by atoms with E-state index in [1.54, 1.807) is 19.9 Å². The third kappa shape index (κ3) is 5.47. The first-order valence-electron chi connectivity index (χ1n) is 12.7. The van der Waals surface area contributed by atoms with E-state index in [4.69, 9.17) is 9.47 Å². The second kappa shape index (κ2) is 10.3. The molecule has 3 aromatic rings. The molecule has 0 aliphatic carbocycles. The van der Waals surface area contributed by atoms with Gasteiger partial charge in [0.25, 0.3) is 5.91 Å². The first-order chi connectivity index (χ1) is 17.8. The Morgan fingerprint density at radius 2 is 1.81 bits per heavy atom.